The lowest BCUT2D eigenvalue weighted by Gasteiger charge is -2.18. The van der Waals surface area contributed by atoms with Gasteiger partial charge in [-0.05, 0) is 19.3 Å². The van der Waals surface area contributed by atoms with Crippen LogP contribution in [-0.2, 0) is 24.0 Å². The van der Waals surface area contributed by atoms with Crippen LogP contribution in [-0.4, -0.2) is 63.7 Å². The topological polar surface area (TPSA) is 189 Å². The van der Waals surface area contributed by atoms with Gasteiger partial charge in [-0.2, -0.15) is 0 Å². The number of ketones is 1. The molecule has 0 radical (unpaired) electrons. The lowest BCUT2D eigenvalue weighted by Crippen LogP contribution is -2.30. The van der Waals surface area contributed by atoms with E-state index in [1.165, 1.54) is 0 Å². The molecule has 13 heteroatoms. The van der Waals surface area contributed by atoms with E-state index in [4.69, 9.17) is 4.74 Å². The highest BCUT2D eigenvalue weighted by atomic mass is 17.0. The number of carbonyl (C=O) groups excluding carboxylic acids is 2. The van der Waals surface area contributed by atoms with Crippen LogP contribution in [0.4, 0.5) is 0 Å². The van der Waals surface area contributed by atoms with Crippen molar-refractivity contribution >= 4 is 11.8 Å². The minimum atomic E-state index is -1.41. The first kappa shape index (κ1) is 31.2. The van der Waals surface area contributed by atoms with Crippen molar-refractivity contribution in [3.05, 3.63) is 32.4 Å². The molecule has 0 aromatic carbocycles. The van der Waals surface area contributed by atoms with Crippen molar-refractivity contribution in [1.29, 1.82) is 0 Å². The zero-order chi connectivity index (χ0) is 26.9. The van der Waals surface area contributed by atoms with Crippen LogP contribution in [0.5, 0.6) is 0 Å². The third kappa shape index (κ3) is 13.3. The monoisotopic (exact) mass is 518 g/mol. The van der Waals surface area contributed by atoms with Crippen LogP contribution in [0.25, 0.3) is 0 Å². The number of ether oxygens (including phenoxy) is 1. The molecule has 0 saturated heterocycles. The number of unbranched alkanes of at least 4 members (excludes halogenated alkanes) is 5. The summed E-state index contributed by atoms with van der Waals surface area (Å²) in [5, 5.41) is 38.7. The first-order chi connectivity index (χ1) is 17.1. The predicted octanol–water partition coefficient (Wildman–Crippen LogP) is 2.72. The summed E-state index contributed by atoms with van der Waals surface area (Å²) in [4.78, 5) is 53.0. The van der Waals surface area contributed by atoms with Gasteiger partial charge in [0.05, 0.1) is 12.2 Å². The van der Waals surface area contributed by atoms with E-state index >= 15 is 0 Å². The van der Waals surface area contributed by atoms with E-state index in [1.807, 2.05) is 0 Å². The van der Waals surface area contributed by atoms with E-state index < -0.39 is 47.7 Å². The van der Waals surface area contributed by atoms with Crippen molar-refractivity contribution in [3.63, 3.8) is 0 Å². The highest BCUT2D eigenvalue weighted by molar-refractivity contribution is 5.84. The first-order valence-electron chi connectivity index (χ1n) is 12.4. The molecule has 1 saturated carbocycles. The van der Waals surface area contributed by atoms with Crippen molar-refractivity contribution in [2.75, 3.05) is 13.2 Å². The molecule has 0 aliphatic heterocycles. The second kappa shape index (κ2) is 17.6. The Hall–Kier alpha value is -2.80. The maximum Gasteiger partial charge on any atom is 0.305 e. The van der Waals surface area contributed by atoms with E-state index in [0.717, 1.165) is 32.1 Å². The lowest BCUT2D eigenvalue weighted by atomic mass is 9.88. The summed E-state index contributed by atoms with van der Waals surface area (Å²) >= 11 is 0. The molecule has 0 heterocycles. The quantitative estimate of drug-likeness (QED) is 0.0792. The summed E-state index contributed by atoms with van der Waals surface area (Å²) in [5.41, 5.74) is 0. The van der Waals surface area contributed by atoms with Crippen LogP contribution in [0.1, 0.15) is 77.6 Å². The van der Waals surface area contributed by atoms with Gasteiger partial charge in [0.25, 0.3) is 10.2 Å². The van der Waals surface area contributed by atoms with Crippen molar-refractivity contribution < 1.29 is 44.4 Å². The predicted molar refractivity (Wildman–Crippen MR) is 125 cm³/mol. The van der Waals surface area contributed by atoms with Crippen molar-refractivity contribution in [3.8, 4) is 0 Å². The second-order valence-corrected chi connectivity index (χ2v) is 8.98. The maximum absolute atomic E-state index is 12.3. The van der Waals surface area contributed by atoms with Crippen LogP contribution >= 0.6 is 0 Å². The molecule has 2 N–H and O–H groups in total. The maximum atomic E-state index is 12.3. The SMILES string of the molecule is CCCCC[C@H](O)/C=C/[C@H]1[C@H](O)CC(=O)[C@@H]1CCCCCCC(=O)OC[C@@H](CO[N+](=O)[O-])O[N+](=O)[O-]. The molecule has 1 rings (SSSR count). The van der Waals surface area contributed by atoms with Crippen LogP contribution in [0.15, 0.2) is 12.2 Å². The number of aliphatic hydroxyl groups excluding tert-OH is 2. The Morgan fingerprint density at radius 3 is 2.50 bits per heavy atom. The minimum absolute atomic E-state index is 0.0220. The highest BCUT2D eigenvalue weighted by Crippen LogP contribution is 2.34. The van der Waals surface area contributed by atoms with Gasteiger partial charge in [-0.1, -0.05) is 57.6 Å². The Kier molecular flexibility index (Phi) is 15.3. The normalized spacial score (nSPS) is 21.3. The molecule has 0 spiro atoms. The van der Waals surface area contributed by atoms with Gasteiger partial charge in [-0.15, -0.1) is 20.2 Å². The van der Waals surface area contributed by atoms with Crippen LogP contribution in [0, 0.1) is 32.1 Å². The average Bonchev–Trinajstić information content (AvgIpc) is 3.08. The number of carbonyl (C=O) groups is 2. The first-order valence-corrected chi connectivity index (χ1v) is 12.4. The third-order valence-corrected chi connectivity index (χ3v) is 6.07. The number of Topliss-reactive ketones (excluding diaryl/α,β-unsaturated/α-hetero) is 1. The minimum Gasteiger partial charge on any atom is -0.463 e. The fraction of sp³-hybridized carbons (Fsp3) is 0.826. The van der Waals surface area contributed by atoms with E-state index in [0.29, 0.717) is 25.7 Å². The molecule has 13 nitrogen and oxygen atoms in total. The van der Waals surface area contributed by atoms with Crippen LogP contribution in [0.3, 0.4) is 0 Å². The van der Waals surface area contributed by atoms with Crippen molar-refractivity contribution in [2.45, 2.75) is 95.9 Å². The lowest BCUT2D eigenvalue weighted by molar-refractivity contribution is -0.790. The van der Waals surface area contributed by atoms with E-state index in [1.54, 1.807) is 12.2 Å². The smallest absolute Gasteiger partial charge is 0.305 e. The molecule has 1 fully saturated rings. The largest absolute Gasteiger partial charge is 0.463 e. The average molecular weight is 519 g/mol. The zero-order valence-electron chi connectivity index (χ0n) is 20.7. The molecule has 0 amide bonds. The Labute approximate surface area is 210 Å². The molecule has 36 heavy (non-hydrogen) atoms. The Morgan fingerprint density at radius 2 is 1.83 bits per heavy atom. The fourth-order valence-electron chi connectivity index (χ4n) is 4.17. The molecule has 0 aromatic heterocycles. The number of hydrogen-bond acceptors (Lipinski definition) is 11. The number of hydrogen-bond donors (Lipinski definition) is 2. The number of rotatable bonds is 20. The molecule has 0 aromatic rings. The molecule has 1 aliphatic rings. The molecule has 206 valence electrons. The molecule has 1 aliphatic carbocycles. The molecule has 5 atom stereocenters. The summed E-state index contributed by atoms with van der Waals surface area (Å²) in [6.07, 6.45) is 7.89. The Morgan fingerprint density at radius 1 is 1.11 bits per heavy atom. The molecular weight excluding hydrogens is 480 g/mol. The van der Waals surface area contributed by atoms with Gasteiger partial charge in [-0.25, -0.2) is 0 Å². The van der Waals surface area contributed by atoms with E-state index in [2.05, 4.69) is 16.6 Å². The summed E-state index contributed by atoms with van der Waals surface area (Å²) in [6.45, 7) is 0.789. The van der Waals surface area contributed by atoms with Gasteiger partial charge in [0.1, 0.15) is 19.0 Å². The highest BCUT2D eigenvalue weighted by Gasteiger charge is 2.39. The van der Waals surface area contributed by atoms with Crippen molar-refractivity contribution in [2.24, 2.45) is 11.8 Å². The molecule has 0 bridgehead atoms. The van der Waals surface area contributed by atoms with E-state index in [-0.39, 0.29) is 30.5 Å². The van der Waals surface area contributed by atoms with Gasteiger partial charge in [0.2, 0.25) is 0 Å². The zero-order valence-corrected chi connectivity index (χ0v) is 20.7. The number of esters is 1. The Balaban J connectivity index is 2.30. The summed E-state index contributed by atoms with van der Waals surface area (Å²) < 4.78 is 4.87. The van der Waals surface area contributed by atoms with Gasteiger partial charge in [0, 0.05) is 24.7 Å². The summed E-state index contributed by atoms with van der Waals surface area (Å²) in [6, 6.07) is 0. The van der Waals surface area contributed by atoms with Gasteiger partial charge in [-0.3, -0.25) is 9.59 Å². The summed E-state index contributed by atoms with van der Waals surface area (Å²) in [5.74, 6) is -1.19. The number of nitrogens with zero attached hydrogens (tertiary/aromatic N) is 2. The third-order valence-electron chi connectivity index (χ3n) is 6.07. The molecular formula is C23H38N2O11. The standard InChI is InChI=1S/C23H38N2O11/c1-2-3-6-9-17(26)12-13-20-19(21(27)14-22(20)28)10-7-4-5-8-11-23(29)34-15-18(36-25(32)33)16-35-24(30)31/h12-13,17-20,22,26,28H,2-11,14-16H2,1H3/b13-12+/t17-,18-,19+,20+,22+/m0/s1. The summed E-state index contributed by atoms with van der Waals surface area (Å²) in [7, 11) is 0. The van der Waals surface area contributed by atoms with Crippen molar-refractivity contribution in [1.82, 2.24) is 0 Å². The molecule has 0 unspecified atom stereocenters. The van der Waals surface area contributed by atoms with Gasteiger partial charge in [0.15, 0.2) is 6.10 Å². The second-order valence-electron chi connectivity index (χ2n) is 8.98. The van der Waals surface area contributed by atoms with E-state index in [9.17, 15) is 40.0 Å². The Bertz CT molecular complexity index is 731. The van der Waals surface area contributed by atoms with Gasteiger partial charge >= 0.3 is 5.97 Å². The van der Waals surface area contributed by atoms with Crippen LogP contribution in [0.2, 0.25) is 0 Å². The number of aliphatic hydroxyl groups is 2. The van der Waals surface area contributed by atoms with Crippen LogP contribution < -0.4 is 0 Å². The van der Waals surface area contributed by atoms with Gasteiger partial charge < -0.3 is 24.6 Å². The fourth-order valence-corrected chi connectivity index (χ4v) is 4.17.